The van der Waals surface area contributed by atoms with Crippen molar-refractivity contribution in [2.75, 3.05) is 13.2 Å². The van der Waals surface area contributed by atoms with Crippen LogP contribution in [0.3, 0.4) is 0 Å². The number of hydrogen-bond donors (Lipinski definition) is 1. The van der Waals surface area contributed by atoms with Crippen molar-refractivity contribution < 1.29 is 14.3 Å². The van der Waals surface area contributed by atoms with Crippen molar-refractivity contribution in [2.24, 2.45) is 5.73 Å². The minimum Gasteiger partial charge on any atom is -0.464 e. The second-order valence-corrected chi connectivity index (χ2v) is 6.82. The summed E-state index contributed by atoms with van der Waals surface area (Å²) < 4.78 is 5.09. The van der Waals surface area contributed by atoms with E-state index < -0.39 is 12.1 Å². The number of carbonyl (C=O) groups excluding carboxylic acids is 2. The zero-order valence-electron chi connectivity index (χ0n) is 15.6. The van der Waals surface area contributed by atoms with Crippen LogP contribution in [0.2, 0.25) is 0 Å². The summed E-state index contributed by atoms with van der Waals surface area (Å²) in [5.74, 6) is -0.513. The normalized spacial score (nSPS) is 17.6. The van der Waals surface area contributed by atoms with Gasteiger partial charge in [-0.25, -0.2) is 4.79 Å². The van der Waals surface area contributed by atoms with Gasteiger partial charge < -0.3 is 15.4 Å². The third-order valence-corrected chi connectivity index (χ3v) is 4.93. The van der Waals surface area contributed by atoms with Gasteiger partial charge >= 0.3 is 5.97 Å². The van der Waals surface area contributed by atoms with Gasteiger partial charge in [-0.05, 0) is 42.9 Å². The van der Waals surface area contributed by atoms with Crippen molar-refractivity contribution in [3.63, 3.8) is 0 Å². The lowest BCUT2D eigenvalue weighted by atomic mass is 10.0. The van der Waals surface area contributed by atoms with E-state index in [0.29, 0.717) is 26.0 Å². The molecular weight excluding hydrogens is 340 g/mol. The molecule has 1 aliphatic rings. The predicted octanol–water partition coefficient (Wildman–Crippen LogP) is 2.78. The topological polar surface area (TPSA) is 72.6 Å². The molecule has 0 radical (unpaired) electrons. The first-order valence-electron chi connectivity index (χ1n) is 9.47. The first-order chi connectivity index (χ1) is 13.1. The molecule has 0 saturated carbocycles. The Bertz CT molecular complexity index is 774. The molecule has 1 heterocycles. The molecule has 1 saturated heterocycles. The third-order valence-electron chi connectivity index (χ3n) is 4.93. The van der Waals surface area contributed by atoms with Gasteiger partial charge in [0.15, 0.2) is 0 Å². The highest BCUT2D eigenvalue weighted by Gasteiger charge is 2.36. The standard InChI is InChI=1S/C22H26N2O3/c1-2-27-22(26)20-9-6-14-24(20)21(25)19(23)15-16-10-12-18(13-11-16)17-7-4-3-5-8-17/h3-5,7-8,10-13,19-20H,2,6,9,14-15,23H2,1H3. The number of rotatable bonds is 6. The molecule has 0 spiro atoms. The number of nitrogens with two attached hydrogens (primary N) is 1. The quantitative estimate of drug-likeness (QED) is 0.798. The molecule has 2 N–H and O–H groups in total. The van der Waals surface area contributed by atoms with Gasteiger partial charge in [0, 0.05) is 6.54 Å². The number of likely N-dealkylation sites (tertiary alicyclic amines) is 1. The van der Waals surface area contributed by atoms with Gasteiger partial charge in [0.2, 0.25) is 5.91 Å². The fourth-order valence-corrected chi connectivity index (χ4v) is 3.53. The highest BCUT2D eigenvalue weighted by molar-refractivity contribution is 5.88. The second-order valence-electron chi connectivity index (χ2n) is 6.82. The molecule has 2 aromatic rings. The van der Waals surface area contributed by atoms with Crippen molar-refractivity contribution in [1.82, 2.24) is 4.90 Å². The molecule has 2 aromatic carbocycles. The Balaban J connectivity index is 1.63. The van der Waals surface area contributed by atoms with Crippen LogP contribution < -0.4 is 5.73 Å². The van der Waals surface area contributed by atoms with E-state index in [4.69, 9.17) is 10.5 Å². The van der Waals surface area contributed by atoms with Crippen molar-refractivity contribution >= 4 is 11.9 Å². The van der Waals surface area contributed by atoms with Crippen LogP contribution >= 0.6 is 0 Å². The van der Waals surface area contributed by atoms with Crippen molar-refractivity contribution in [1.29, 1.82) is 0 Å². The number of carbonyl (C=O) groups is 2. The fourth-order valence-electron chi connectivity index (χ4n) is 3.53. The minimum absolute atomic E-state index is 0.183. The molecule has 27 heavy (non-hydrogen) atoms. The van der Waals surface area contributed by atoms with Gasteiger partial charge in [0.05, 0.1) is 12.6 Å². The molecule has 2 atom stereocenters. The zero-order chi connectivity index (χ0) is 19.2. The molecule has 0 aromatic heterocycles. The molecule has 5 heteroatoms. The van der Waals surface area contributed by atoms with Crippen LogP contribution in [0.25, 0.3) is 11.1 Å². The van der Waals surface area contributed by atoms with E-state index in [2.05, 4.69) is 12.1 Å². The molecular formula is C22H26N2O3. The number of hydrogen-bond acceptors (Lipinski definition) is 4. The number of amides is 1. The first kappa shape index (κ1) is 19.1. The number of benzene rings is 2. The molecule has 0 bridgehead atoms. The van der Waals surface area contributed by atoms with Crippen LogP contribution in [0, 0.1) is 0 Å². The lowest BCUT2D eigenvalue weighted by Gasteiger charge is -2.26. The van der Waals surface area contributed by atoms with E-state index in [1.807, 2.05) is 42.5 Å². The van der Waals surface area contributed by atoms with Crippen LogP contribution in [-0.2, 0) is 20.7 Å². The van der Waals surface area contributed by atoms with Gasteiger partial charge in [-0.15, -0.1) is 0 Å². The summed E-state index contributed by atoms with van der Waals surface area (Å²) in [7, 11) is 0. The van der Waals surface area contributed by atoms with E-state index in [-0.39, 0.29) is 11.9 Å². The maximum Gasteiger partial charge on any atom is 0.328 e. The lowest BCUT2D eigenvalue weighted by molar-refractivity contribution is -0.153. The predicted molar refractivity (Wildman–Crippen MR) is 105 cm³/mol. The highest BCUT2D eigenvalue weighted by Crippen LogP contribution is 2.22. The molecule has 0 aliphatic carbocycles. The fraction of sp³-hybridized carbons (Fsp3) is 0.364. The summed E-state index contributed by atoms with van der Waals surface area (Å²) in [6.07, 6.45) is 1.89. The average molecular weight is 366 g/mol. The Morgan fingerprint density at radius 1 is 1.11 bits per heavy atom. The summed E-state index contributed by atoms with van der Waals surface area (Å²) in [5.41, 5.74) is 9.45. The highest BCUT2D eigenvalue weighted by atomic mass is 16.5. The molecule has 1 amide bonds. The Labute approximate surface area is 160 Å². The molecule has 1 aliphatic heterocycles. The summed E-state index contributed by atoms with van der Waals surface area (Å²) in [6.45, 7) is 2.64. The Hall–Kier alpha value is -2.66. The van der Waals surface area contributed by atoms with Crippen LogP contribution in [0.15, 0.2) is 54.6 Å². The SMILES string of the molecule is CCOC(=O)C1CCCN1C(=O)C(N)Cc1ccc(-c2ccccc2)cc1. The number of esters is 1. The molecule has 2 unspecified atom stereocenters. The third kappa shape index (κ3) is 4.55. The van der Waals surface area contributed by atoms with Crippen molar-refractivity contribution in [3.05, 3.63) is 60.2 Å². The first-order valence-corrected chi connectivity index (χ1v) is 9.47. The van der Waals surface area contributed by atoms with Crippen LogP contribution in [0.1, 0.15) is 25.3 Å². The minimum atomic E-state index is -0.664. The van der Waals surface area contributed by atoms with Crippen LogP contribution in [0.5, 0.6) is 0 Å². The molecule has 5 nitrogen and oxygen atoms in total. The van der Waals surface area contributed by atoms with Crippen molar-refractivity contribution in [3.8, 4) is 11.1 Å². The summed E-state index contributed by atoms with van der Waals surface area (Å²) in [4.78, 5) is 26.4. The zero-order valence-corrected chi connectivity index (χ0v) is 15.6. The van der Waals surface area contributed by atoms with Crippen LogP contribution in [-0.4, -0.2) is 42.0 Å². The summed E-state index contributed by atoms with van der Waals surface area (Å²) >= 11 is 0. The van der Waals surface area contributed by atoms with Gasteiger partial charge in [-0.3, -0.25) is 4.79 Å². The smallest absolute Gasteiger partial charge is 0.328 e. The van der Waals surface area contributed by atoms with Gasteiger partial charge in [-0.2, -0.15) is 0 Å². The Kier molecular flexibility index (Phi) is 6.24. The summed E-state index contributed by atoms with van der Waals surface area (Å²) in [5, 5.41) is 0. The van der Waals surface area contributed by atoms with Gasteiger partial charge in [-0.1, -0.05) is 54.6 Å². The summed E-state index contributed by atoms with van der Waals surface area (Å²) in [6, 6.07) is 17.1. The monoisotopic (exact) mass is 366 g/mol. The Morgan fingerprint density at radius 2 is 1.78 bits per heavy atom. The largest absolute Gasteiger partial charge is 0.464 e. The number of ether oxygens (including phenoxy) is 1. The number of nitrogens with zero attached hydrogens (tertiary/aromatic N) is 1. The van der Waals surface area contributed by atoms with E-state index in [0.717, 1.165) is 23.1 Å². The Morgan fingerprint density at radius 3 is 2.44 bits per heavy atom. The van der Waals surface area contributed by atoms with Crippen LogP contribution in [0.4, 0.5) is 0 Å². The van der Waals surface area contributed by atoms with E-state index >= 15 is 0 Å². The van der Waals surface area contributed by atoms with E-state index in [1.165, 1.54) is 0 Å². The maximum absolute atomic E-state index is 12.8. The van der Waals surface area contributed by atoms with E-state index in [9.17, 15) is 9.59 Å². The van der Waals surface area contributed by atoms with Gasteiger partial charge in [0.1, 0.15) is 6.04 Å². The second kappa shape index (κ2) is 8.82. The van der Waals surface area contributed by atoms with E-state index in [1.54, 1.807) is 11.8 Å². The maximum atomic E-state index is 12.8. The molecule has 1 fully saturated rings. The average Bonchev–Trinajstić information content (AvgIpc) is 3.19. The van der Waals surface area contributed by atoms with Crippen molar-refractivity contribution in [2.45, 2.75) is 38.3 Å². The molecule has 3 rings (SSSR count). The lowest BCUT2D eigenvalue weighted by Crippen LogP contribution is -2.49. The van der Waals surface area contributed by atoms with Gasteiger partial charge in [0.25, 0.3) is 0 Å². The molecule has 142 valence electrons.